The van der Waals surface area contributed by atoms with Crippen LogP contribution in [-0.4, -0.2) is 18.6 Å². The fourth-order valence-corrected chi connectivity index (χ4v) is 2.53. The predicted molar refractivity (Wildman–Crippen MR) is 79.2 cm³/mol. The zero-order valence-electron chi connectivity index (χ0n) is 11.4. The number of hydrogen-bond donors (Lipinski definition) is 0. The standard InChI is InChI=1S/C16H15FO2S/c1-11-6-8-12(9-7-11)20-10-14(18)13-4-3-5-15(19-2)16(13)17/h3-9H,10H2,1-2H3. The van der Waals surface area contributed by atoms with Crippen molar-refractivity contribution in [3.05, 3.63) is 59.4 Å². The number of methoxy groups -OCH3 is 1. The molecule has 0 atom stereocenters. The Hall–Kier alpha value is -1.81. The van der Waals surface area contributed by atoms with Crippen molar-refractivity contribution >= 4 is 17.5 Å². The van der Waals surface area contributed by atoms with Crippen molar-refractivity contribution in [3.8, 4) is 5.75 Å². The molecule has 2 aromatic rings. The third-order valence-corrected chi connectivity index (χ3v) is 3.89. The molecule has 4 heteroatoms. The molecule has 0 aromatic heterocycles. The van der Waals surface area contributed by atoms with Gasteiger partial charge in [-0.3, -0.25) is 4.79 Å². The number of rotatable bonds is 5. The number of thioether (sulfide) groups is 1. The number of carbonyl (C=O) groups excluding carboxylic acids is 1. The molecule has 2 aromatic carbocycles. The molecule has 2 rings (SSSR count). The van der Waals surface area contributed by atoms with E-state index in [4.69, 9.17) is 4.74 Å². The molecular formula is C16H15FO2S. The topological polar surface area (TPSA) is 26.3 Å². The van der Waals surface area contributed by atoms with Crippen LogP contribution in [0.15, 0.2) is 47.4 Å². The highest BCUT2D eigenvalue weighted by Crippen LogP contribution is 2.24. The van der Waals surface area contributed by atoms with Crippen LogP contribution in [0.4, 0.5) is 4.39 Å². The Morgan fingerprint density at radius 2 is 1.90 bits per heavy atom. The summed E-state index contributed by atoms with van der Waals surface area (Å²) in [6.45, 7) is 2.01. The van der Waals surface area contributed by atoms with Crippen LogP contribution in [0.25, 0.3) is 0 Å². The minimum atomic E-state index is -0.593. The molecule has 0 aliphatic heterocycles. The monoisotopic (exact) mass is 290 g/mol. The first kappa shape index (κ1) is 14.6. The Balaban J connectivity index is 2.07. The van der Waals surface area contributed by atoms with Gasteiger partial charge in [0, 0.05) is 4.90 Å². The zero-order valence-corrected chi connectivity index (χ0v) is 12.2. The fourth-order valence-electron chi connectivity index (χ4n) is 1.74. The van der Waals surface area contributed by atoms with E-state index in [1.807, 2.05) is 31.2 Å². The lowest BCUT2D eigenvalue weighted by Gasteiger charge is -2.06. The summed E-state index contributed by atoms with van der Waals surface area (Å²) >= 11 is 1.40. The summed E-state index contributed by atoms with van der Waals surface area (Å²) in [5, 5.41) is 0. The van der Waals surface area contributed by atoms with Gasteiger partial charge in [-0.05, 0) is 31.2 Å². The van der Waals surface area contributed by atoms with E-state index in [1.165, 1.54) is 36.6 Å². The summed E-state index contributed by atoms with van der Waals surface area (Å²) in [6, 6.07) is 12.5. The number of aryl methyl sites for hydroxylation is 1. The number of Topliss-reactive ketones (excluding diaryl/α,β-unsaturated/α-hetero) is 1. The summed E-state index contributed by atoms with van der Waals surface area (Å²) < 4.78 is 18.8. The second-order valence-electron chi connectivity index (χ2n) is 4.35. The molecule has 0 unspecified atom stereocenters. The lowest BCUT2D eigenvalue weighted by molar-refractivity contribution is 0.101. The van der Waals surface area contributed by atoms with Gasteiger partial charge >= 0.3 is 0 Å². The van der Waals surface area contributed by atoms with Crippen molar-refractivity contribution in [1.29, 1.82) is 0 Å². The predicted octanol–water partition coefficient (Wildman–Crippen LogP) is 4.12. The molecule has 2 nitrogen and oxygen atoms in total. The van der Waals surface area contributed by atoms with Gasteiger partial charge in [-0.15, -0.1) is 11.8 Å². The van der Waals surface area contributed by atoms with Gasteiger partial charge in [0.2, 0.25) is 0 Å². The van der Waals surface area contributed by atoms with Crippen molar-refractivity contribution in [2.75, 3.05) is 12.9 Å². The largest absolute Gasteiger partial charge is 0.494 e. The number of carbonyl (C=O) groups is 1. The highest BCUT2D eigenvalue weighted by molar-refractivity contribution is 8.00. The van der Waals surface area contributed by atoms with Gasteiger partial charge in [-0.1, -0.05) is 23.8 Å². The Bertz CT molecular complexity index is 608. The second-order valence-corrected chi connectivity index (χ2v) is 5.40. The minimum absolute atomic E-state index is 0.0731. The molecule has 20 heavy (non-hydrogen) atoms. The van der Waals surface area contributed by atoms with Crippen LogP contribution in [0.3, 0.4) is 0 Å². The smallest absolute Gasteiger partial charge is 0.176 e. The molecule has 0 heterocycles. The Morgan fingerprint density at radius 1 is 1.20 bits per heavy atom. The van der Waals surface area contributed by atoms with E-state index in [2.05, 4.69) is 0 Å². The number of ketones is 1. The molecule has 0 amide bonds. The van der Waals surface area contributed by atoms with Gasteiger partial charge < -0.3 is 4.74 Å². The Morgan fingerprint density at radius 3 is 2.55 bits per heavy atom. The van der Waals surface area contributed by atoms with Crippen LogP contribution in [0, 0.1) is 12.7 Å². The van der Waals surface area contributed by atoms with E-state index in [1.54, 1.807) is 6.07 Å². The van der Waals surface area contributed by atoms with Gasteiger partial charge in [-0.2, -0.15) is 0 Å². The summed E-state index contributed by atoms with van der Waals surface area (Å²) in [4.78, 5) is 13.1. The average molecular weight is 290 g/mol. The van der Waals surface area contributed by atoms with Crippen molar-refractivity contribution in [2.45, 2.75) is 11.8 Å². The van der Waals surface area contributed by atoms with Crippen LogP contribution in [0.2, 0.25) is 0 Å². The maximum Gasteiger partial charge on any atom is 0.176 e. The molecular weight excluding hydrogens is 275 g/mol. The zero-order chi connectivity index (χ0) is 14.5. The van der Waals surface area contributed by atoms with E-state index in [-0.39, 0.29) is 22.8 Å². The summed E-state index contributed by atoms with van der Waals surface area (Å²) in [6.07, 6.45) is 0. The maximum absolute atomic E-state index is 13.9. The van der Waals surface area contributed by atoms with E-state index in [9.17, 15) is 9.18 Å². The van der Waals surface area contributed by atoms with Gasteiger partial charge in [0.15, 0.2) is 17.3 Å². The SMILES string of the molecule is COc1cccc(C(=O)CSc2ccc(C)cc2)c1F. The van der Waals surface area contributed by atoms with Crippen LogP contribution in [-0.2, 0) is 0 Å². The van der Waals surface area contributed by atoms with E-state index in [0.717, 1.165) is 4.90 Å². The van der Waals surface area contributed by atoms with Crippen molar-refractivity contribution in [2.24, 2.45) is 0 Å². The quantitative estimate of drug-likeness (QED) is 0.612. The summed E-state index contributed by atoms with van der Waals surface area (Å²) in [7, 11) is 1.38. The molecule has 0 saturated carbocycles. The summed E-state index contributed by atoms with van der Waals surface area (Å²) in [5.41, 5.74) is 1.24. The number of hydrogen-bond acceptors (Lipinski definition) is 3. The molecule has 0 aliphatic carbocycles. The molecule has 104 valence electrons. The normalized spacial score (nSPS) is 10.3. The highest BCUT2D eigenvalue weighted by Gasteiger charge is 2.15. The third kappa shape index (κ3) is 3.39. The lowest BCUT2D eigenvalue weighted by Crippen LogP contribution is -2.06. The second kappa shape index (κ2) is 6.57. The minimum Gasteiger partial charge on any atom is -0.494 e. The van der Waals surface area contributed by atoms with Gasteiger partial charge in [0.25, 0.3) is 0 Å². The molecule has 0 N–H and O–H groups in total. The van der Waals surface area contributed by atoms with E-state index >= 15 is 0 Å². The molecule has 0 bridgehead atoms. The third-order valence-electron chi connectivity index (χ3n) is 2.87. The van der Waals surface area contributed by atoms with Crippen LogP contribution in [0.1, 0.15) is 15.9 Å². The van der Waals surface area contributed by atoms with E-state index < -0.39 is 5.82 Å². The van der Waals surface area contributed by atoms with Gasteiger partial charge in [0.05, 0.1) is 18.4 Å². The van der Waals surface area contributed by atoms with Crippen molar-refractivity contribution < 1.29 is 13.9 Å². The maximum atomic E-state index is 13.9. The number of halogens is 1. The Labute approximate surface area is 122 Å². The molecule has 0 saturated heterocycles. The first-order valence-corrected chi connectivity index (χ1v) is 7.15. The van der Waals surface area contributed by atoms with E-state index in [0.29, 0.717) is 0 Å². The molecule has 0 radical (unpaired) electrons. The average Bonchev–Trinajstić information content (AvgIpc) is 2.46. The van der Waals surface area contributed by atoms with Gasteiger partial charge in [0.1, 0.15) is 0 Å². The van der Waals surface area contributed by atoms with Crippen LogP contribution < -0.4 is 4.74 Å². The molecule has 0 fully saturated rings. The fraction of sp³-hybridized carbons (Fsp3) is 0.188. The molecule has 0 spiro atoms. The number of benzene rings is 2. The number of ether oxygens (including phenoxy) is 1. The van der Waals surface area contributed by atoms with Crippen LogP contribution in [0.5, 0.6) is 5.75 Å². The van der Waals surface area contributed by atoms with Gasteiger partial charge in [-0.25, -0.2) is 4.39 Å². The van der Waals surface area contributed by atoms with Crippen molar-refractivity contribution in [3.63, 3.8) is 0 Å². The van der Waals surface area contributed by atoms with Crippen molar-refractivity contribution in [1.82, 2.24) is 0 Å². The Kier molecular flexibility index (Phi) is 4.79. The first-order valence-electron chi connectivity index (χ1n) is 6.17. The first-order chi connectivity index (χ1) is 9.61. The lowest BCUT2D eigenvalue weighted by atomic mass is 10.1. The van der Waals surface area contributed by atoms with Crippen LogP contribution >= 0.6 is 11.8 Å². The highest BCUT2D eigenvalue weighted by atomic mass is 32.2. The summed E-state index contributed by atoms with van der Waals surface area (Å²) in [5.74, 6) is -0.541. The molecule has 0 aliphatic rings.